The quantitative estimate of drug-likeness (QED) is 0.861. The zero-order valence-corrected chi connectivity index (χ0v) is 16.4. The summed E-state index contributed by atoms with van der Waals surface area (Å²) in [4.78, 5) is 15.3. The first kappa shape index (κ1) is 18.2. The van der Waals surface area contributed by atoms with Gasteiger partial charge in [-0.1, -0.05) is 53.9 Å². The van der Waals surface area contributed by atoms with Crippen molar-refractivity contribution < 1.29 is 4.79 Å². The van der Waals surface area contributed by atoms with Crippen molar-refractivity contribution >= 4 is 5.91 Å². The van der Waals surface area contributed by atoms with Crippen LogP contribution in [0.25, 0.3) is 0 Å². The smallest absolute Gasteiger partial charge is 0.251 e. The first-order chi connectivity index (χ1) is 13.1. The number of fused-ring (bicyclic) bond motifs is 2. The zero-order chi connectivity index (χ0) is 18.8. The molecule has 3 heteroatoms. The molecular weight excluding hydrogens is 332 g/mol. The molecule has 2 heterocycles. The van der Waals surface area contributed by atoms with E-state index in [1.807, 2.05) is 31.2 Å². The van der Waals surface area contributed by atoms with E-state index in [4.69, 9.17) is 0 Å². The Bertz CT molecular complexity index is 767. The SMILES string of the molecule is Cc1ccc(CN2[C@H]3CCC[C@H]2CC(NC(=O)c2ccc(C)cc2)C3)cc1. The minimum absolute atomic E-state index is 0.0741. The fraction of sp³-hybridized carbons (Fsp3) is 0.458. The second-order valence-electron chi connectivity index (χ2n) is 8.40. The lowest BCUT2D eigenvalue weighted by Gasteiger charge is -2.49. The van der Waals surface area contributed by atoms with Crippen LogP contribution >= 0.6 is 0 Å². The van der Waals surface area contributed by atoms with Crippen molar-refractivity contribution in [3.63, 3.8) is 0 Å². The first-order valence-electron chi connectivity index (χ1n) is 10.3. The number of hydrogen-bond acceptors (Lipinski definition) is 2. The average Bonchev–Trinajstić information content (AvgIpc) is 2.64. The Labute approximate surface area is 162 Å². The van der Waals surface area contributed by atoms with Gasteiger partial charge in [-0.2, -0.15) is 0 Å². The van der Waals surface area contributed by atoms with E-state index in [-0.39, 0.29) is 5.91 Å². The topological polar surface area (TPSA) is 32.3 Å². The highest BCUT2D eigenvalue weighted by Crippen LogP contribution is 2.35. The van der Waals surface area contributed by atoms with Gasteiger partial charge in [0, 0.05) is 30.2 Å². The fourth-order valence-corrected chi connectivity index (χ4v) is 4.73. The van der Waals surface area contributed by atoms with Gasteiger partial charge in [0.1, 0.15) is 0 Å². The van der Waals surface area contributed by atoms with Crippen molar-refractivity contribution in [1.82, 2.24) is 10.2 Å². The van der Waals surface area contributed by atoms with Crippen LogP contribution in [0.2, 0.25) is 0 Å². The van der Waals surface area contributed by atoms with Crippen molar-refractivity contribution in [2.75, 3.05) is 0 Å². The maximum absolute atomic E-state index is 12.6. The normalized spacial score (nSPS) is 25.2. The van der Waals surface area contributed by atoms with Crippen molar-refractivity contribution in [1.29, 1.82) is 0 Å². The van der Waals surface area contributed by atoms with Crippen LogP contribution in [0.15, 0.2) is 48.5 Å². The highest BCUT2D eigenvalue weighted by molar-refractivity contribution is 5.94. The summed E-state index contributed by atoms with van der Waals surface area (Å²) in [7, 11) is 0. The Morgan fingerprint density at radius 1 is 0.926 bits per heavy atom. The van der Waals surface area contributed by atoms with E-state index in [1.54, 1.807) is 0 Å². The van der Waals surface area contributed by atoms with E-state index < -0.39 is 0 Å². The summed E-state index contributed by atoms with van der Waals surface area (Å²) in [6, 6.07) is 18.3. The molecule has 0 aromatic heterocycles. The largest absolute Gasteiger partial charge is 0.349 e. The number of piperidine rings is 2. The molecule has 3 nitrogen and oxygen atoms in total. The third-order valence-corrected chi connectivity index (χ3v) is 6.26. The third-order valence-electron chi connectivity index (χ3n) is 6.26. The van der Waals surface area contributed by atoms with Crippen LogP contribution in [-0.2, 0) is 6.54 Å². The van der Waals surface area contributed by atoms with Gasteiger partial charge >= 0.3 is 0 Å². The lowest BCUT2D eigenvalue weighted by Crippen LogP contribution is -2.56. The van der Waals surface area contributed by atoms with Gasteiger partial charge in [0.05, 0.1) is 0 Å². The van der Waals surface area contributed by atoms with E-state index in [9.17, 15) is 4.79 Å². The van der Waals surface area contributed by atoms with Crippen LogP contribution < -0.4 is 5.32 Å². The molecular formula is C24H30N2O. The van der Waals surface area contributed by atoms with E-state index in [0.29, 0.717) is 18.1 Å². The molecule has 2 aliphatic heterocycles. The Hall–Kier alpha value is -2.13. The molecule has 2 aromatic carbocycles. The molecule has 2 atom stereocenters. The molecule has 0 spiro atoms. The van der Waals surface area contributed by atoms with E-state index in [2.05, 4.69) is 41.4 Å². The third kappa shape index (κ3) is 4.24. The molecule has 0 aliphatic carbocycles. The van der Waals surface area contributed by atoms with Gasteiger partial charge in [-0.3, -0.25) is 9.69 Å². The lowest BCUT2D eigenvalue weighted by atomic mass is 9.81. The van der Waals surface area contributed by atoms with E-state index >= 15 is 0 Å². The van der Waals surface area contributed by atoms with Crippen molar-refractivity contribution in [2.45, 2.75) is 70.6 Å². The fourth-order valence-electron chi connectivity index (χ4n) is 4.73. The highest BCUT2D eigenvalue weighted by atomic mass is 16.1. The van der Waals surface area contributed by atoms with E-state index in [0.717, 1.165) is 24.9 Å². The van der Waals surface area contributed by atoms with Crippen LogP contribution in [0.4, 0.5) is 0 Å². The molecule has 4 rings (SSSR count). The van der Waals surface area contributed by atoms with Gasteiger partial charge in [-0.25, -0.2) is 0 Å². The monoisotopic (exact) mass is 362 g/mol. The summed E-state index contributed by atoms with van der Waals surface area (Å²) in [6.45, 7) is 5.22. The Kier molecular flexibility index (Phi) is 5.31. The standard InChI is InChI=1S/C24H30N2O/c1-17-6-10-19(11-7-17)16-26-22-4-3-5-23(26)15-21(14-22)25-24(27)20-12-8-18(2)9-13-20/h6-13,21-23H,3-5,14-16H2,1-2H3,(H,25,27)/t22-,23-/m0/s1. The number of carbonyl (C=O) groups excluding carboxylic acids is 1. The molecule has 27 heavy (non-hydrogen) atoms. The number of carbonyl (C=O) groups is 1. The van der Waals surface area contributed by atoms with E-state index in [1.165, 1.54) is 36.0 Å². The maximum Gasteiger partial charge on any atom is 0.251 e. The number of nitrogens with zero attached hydrogens (tertiary/aromatic N) is 1. The highest BCUT2D eigenvalue weighted by Gasteiger charge is 2.38. The summed E-state index contributed by atoms with van der Waals surface area (Å²) >= 11 is 0. The van der Waals surface area contributed by atoms with Crippen LogP contribution in [0.1, 0.15) is 59.2 Å². The summed E-state index contributed by atoms with van der Waals surface area (Å²) in [6.07, 6.45) is 5.96. The molecule has 0 unspecified atom stereocenters. The van der Waals surface area contributed by atoms with Gasteiger partial charge in [0.15, 0.2) is 0 Å². The molecule has 2 fully saturated rings. The molecule has 2 aliphatic rings. The van der Waals surface area contributed by atoms with Gasteiger partial charge in [0.2, 0.25) is 0 Å². The number of nitrogens with one attached hydrogen (secondary N) is 1. The van der Waals surface area contributed by atoms with Crippen molar-refractivity contribution in [3.8, 4) is 0 Å². The number of rotatable bonds is 4. The molecule has 0 radical (unpaired) electrons. The Balaban J connectivity index is 1.40. The van der Waals surface area contributed by atoms with Gasteiger partial charge < -0.3 is 5.32 Å². The molecule has 142 valence electrons. The van der Waals surface area contributed by atoms with Gasteiger partial charge in [0.25, 0.3) is 5.91 Å². The molecule has 2 aromatic rings. The maximum atomic E-state index is 12.6. The summed E-state index contributed by atoms with van der Waals surface area (Å²) < 4.78 is 0. The molecule has 1 N–H and O–H groups in total. The molecule has 1 amide bonds. The van der Waals surface area contributed by atoms with Crippen molar-refractivity contribution in [3.05, 3.63) is 70.8 Å². The summed E-state index contributed by atoms with van der Waals surface area (Å²) in [5, 5.41) is 3.31. The van der Waals surface area contributed by atoms with Crippen LogP contribution in [-0.4, -0.2) is 28.9 Å². The first-order valence-corrected chi connectivity index (χ1v) is 10.3. The Morgan fingerprint density at radius 3 is 2.07 bits per heavy atom. The molecule has 2 bridgehead atoms. The minimum atomic E-state index is 0.0741. The predicted octanol–water partition coefficient (Wildman–Crippen LogP) is 4.62. The molecule has 2 saturated heterocycles. The van der Waals surface area contributed by atoms with Crippen LogP contribution in [0, 0.1) is 13.8 Å². The Morgan fingerprint density at radius 2 is 1.48 bits per heavy atom. The van der Waals surface area contributed by atoms with Crippen LogP contribution in [0.3, 0.4) is 0 Å². The van der Waals surface area contributed by atoms with Gasteiger partial charge in [-0.05, 0) is 57.2 Å². The lowest BCUT2D eigenvalue weighted by molar-refractivity contribution is 0.0177. The minimum Gasteiger partial charge on any atom is -0.349 e. The summed E-state index contributed by atoms with van der Waals surface area (Å²) in [5.41, 5.74) is 4.68. The number of amides is 1. The van der Waals surface area contributed by atoms with Gasteiger partial charge in [-0.15, -0.1) is 0 Å². The zero-order valence-electron chi connectivity index (χ0n) is 16.4. The predicted molar refractivity (Wildman–Crippen MR) is 110 cm³/mol. The number of aryl methyl sites for hydroxylation is 2. The summed E-state index contributed by atoms with van der Waals surface area (Å²) in [5.74, 6) is 0.0741. The number of benzene rings is 2. The van der Waals surface area contributed by atoms with Crippen LogP contribution in [0.5, 0.6) is 0 Å². The number of hydrogen-bond donors (Lipinski definition) is 1. The second kappa shape index (κ2) is 7.85. The second-order valence-corrected chi connectivity index (χ2v) is 8.40. The van der Waals surface area contributed by atoms with Crippen molar-refractivity contribution in [2.24, 2.45) is 0 Å². The molecule has 0 saturated carbocycles. The average molecular weight is 363 g/mol.